The Morgan fingerprint density at radius 2 is 1.88 bits per heavy atom. The molecule has 1 heterocycles. The fraction of sp³-hybridized carbons (Fsp3) is 0.765. The lowest BCUT2D eigenvalue weighted by Gasteiger charge is -2.32. The maximum absolute atomic E-state index is 12.6. The van der Waals surface area contributed by atoms with E-state index in [1.165, 1.54) is 0 Å². The van der Waals surface area contributed by atoms with Gasteiger partial charge in [0.2, 0.25) is 0 Å². The van der Waals surface area contributed by atoms with Crippen molar-refractivity contribution in [3.8, 4) is 0 Å². The minimum Gasteiger partial charge on any atom is -0.357 e. The van der Waals surface area contributed by atoms with Crippen molar-refractivity contribution >= 4 is 17.3 Å². The van der Waals surface area contributed by atoms with Crippen LogP contribution in [0.1, 0.15) is 44.3 Å². The summed E-state index contributed by atoms with van der Waals surface area (Å²) in [5.74, 6) is 1.16. The predicted molar refractivity (Wildman–Crippen MR) is 101 cm³/mol. The number of rotatable bonds is 9. The van der Waals surface area contributed by atoms with Crippen molar-refractivity contribution in [3.05, 3.63) is 16.1 Å². The zero-order valence-electron chi connectivity index (χ0n) is 16.2. The summed E-state index contributed by atoms with van der Waals surface area (Å²) in [7, 11) is 4.12. The highest BCUT2D eigenvalue weighted by Gasteiger charge is 2.33. The van der Waals surface area contributed by atoms with Crippen LogP contribution in [0.4, 0.5) is 13.2 Å². The molecule has 0 aliphatic heterocycles. The molecule has 1 unspecified atom stereocenters. The van der Waals surface area contributed by atoms with Crippen molar-refractivity contribution in [2.24, 2.45) is 10.9 Å². The van der Waals surface area contributed by atoms with Gasteiger partial charge in [0.25, 0.3) is 0 Å². The van der Waals surface area contributed by atoms with Crippen LogP contribution in [-0.2, 0) is 12.7 Å². The third-order valence-corrected chi connectivity index (χ3v) is 5.13. The molecule has 0 spiro atoms. The zero-order valence-corrected chi connectivity index (χ0v) is 17.0. The molecule has 26 heavy (non-hydrogen) atoms. The fourth-order valence-corrected chi connectivity index (χ4v) is 3.53. The van der Waals surface area contributed by atoms with E-state index in [-0.39, 0.29) is 6.54 Å². The van der Waals surface area contributed by atoms with Crippen LogP contribution in [0, 0.1) is 5.92 Å². The molecule has 2 N–H and O–H groups in total. The van der Waals surface area contributed by atoms with Crippen molar-refractivity contribution < 1.29 is 13.2 Å². The number of hydrogen-bond acceptors (Lipinski definition) is 4. The zero-order chi connectivity index (χ0) is 19.7. The van der Waals surface area contributed by atoms with E-state index >= 15 is 0 Å². The highest BCUT2D eigenvalue weighted by Crippen LogP contribution is 2.30. The van der Waals surface area contributed by atoms with Gasteiger partial charge >= 0.3 is 6.18 Å². The van der Waals surface area contributed by atoms with E-state index in [1.54, 1.807) is 0 Å². The standard InChI is InChI=1S/C17H30F3N5S/c1-6-12(7-2)13(25(4)5)9-22-16(21-8-3)23-10-15-24-14(11-26-15)17(18,19)20/h11-13H,6-10H2,1-5H3,(H2,21,22,23). The summed E-state index contributed by atoms with van der Waals surface area (Å²) in [5, 5.41) is 7.82. The molecule has 0 saturated carbocycles. The number of hydrogen-bond donors (Lipinski definition) is 2. The molecule has 1 atom stereocenters. The van der Waals surface area contributed by atoms with E-state index in [9.17, 15) is 13.2 Å². The summed E-state index contributed by atoms with van der Waals surface area (Å²) >= 11 is 0.976. The first-order chi connectivity index (χ1) is 12.2. The van der Waals surface area contributed by atoms with Crippen LogP contribution in [0.3, 0.4) is 0 Å². The molecule has 0 aliphatic carbocycles. The molecule has 0 aliphatic rings. The number of likely N-dealkylation sites (N-methyl/N-ethyl adjacent to an activating group) is 1. The Morgan fingerprint density at radius 3 is 2.35 bits per heavy atom. The third-order valence-electron chi connectivity index (χ3n) is 4.29. The van der Waals surface area contributed by atoms with Gasteiger partial charge in [-0.3, -0.25) is 0 Å². The smallest absolute Gasteiger partial charge is 0.357 e. The van der Waals surface area contributed by atoms with Gasteiger partial charge in [-0.05, 0) is 26.9 Å². The van der Waals surface area contributed by atoms with Crippen molar-refractivity contribution in [2.75, 3.05) is 27.2 Å². The first-order valence-electron chi connectivity index (χ1n) is 8.93. The first kappa shape index (κ1) is 22.7. The number of aliphatic imine (C=N–C) groups is 1. The second-order valence-corrected chi connectivity index (χ2v) is 7.25. The molecular weight excluding hydrogens is 363 g/mol. The molecule has 0 radical (unpaired) electrons. The summed E-state index contributed by atoms with van der Waals surface area (Å²) in [6, 6.07) is 0.352. The number of halogens is 3. The highest BCUT2D eigenvalue weighted by atomic mass is 32.1. The Bertz CT molecular complexity index is 553. The summed E-state index contributed by atoms with van der Waals surface area (Å²) in [6.45, 7) is 7.83. The summed E-state index contributed by atoms with van der Waals surface area (Å²) < 4.78 is 37.9. The number of nitrogens with zero attached hydrogens (tertiary/aromatic N) is 3. The highest BCUT2D eigenvalue weighted by molar-refractivity contribution is 7.09. The topological polar surface area (TPSA) is 52.6 Å². The molecule has 0 bridgehead atoms. The van der Waals surface area contributed by atoms with Crippen molar-refractivity contribution in [1.82, 2.24) is 20.5 Å². The maximum Gasteiger partial charge on any atom is 0.434 e. The normalized spacial score (nSPS) is 14.2. The summed E-state index contributed by atoms with van der Waals surface area (Å²) in [6.07, 6.45) is -2.22. The van der Waals surface area contributed by atoms with Gasteiger partial charge in [0.1, 0.15) is 5.01 Å². The van der Waals surface area contributed by atoms with Crippen LogP contribution < -0.4 is 10.6 Å². The number of alkyl halides is 3. The van der Waals surface area contributed by atoms with Crippen LogP contribution >= 0.6 is 11.3 Å². The number of thiazole rings is 1. The van der Waals surface area contributed by atoms with Gasteiger partial charge in [0, 0.05) is 24.5 Å². The molecule has 0 fully saturated rings. The fourth-order valence-electron chi connectivity index (χ4n) is 2.81. The SMILES string of the molecule is CCNC(=NCc1nc(C(F)(F)F)cs1)NCC(C(CC)CC)N(C)C. The van der Waals surface area contributed by atoms with E-state index in [0.29, 0.717) is 29.5 Å². The molecule has 150 valence electrons. The first-order valence-corrected chi connectivity index (χ1v) is 9.80. The van der Waals surface area contributed by atoms with Gasteiger partial charge in [-0.1, -0.05) is 26.7 Å². The Balaban J connectivity index is 2.75. The molecule has 1 aromatic rings. The molecule has 0 saturated heterocycles. The number of aromatic nitrogens is 1. The second-order valence-electron chi connectivity index (χ2n) is 6.31. The quantitative estimate of drug-likeness (QED) is 0.497. The van der Waals surface area contributed by atoms with Gasteiger partial charge in [-0.2, -0.15) is 13.2 Å². The Labute approximate surface area is 158 Å². The van der Waals surface area contributed by atoms with Crippen LogP contribution in [0.15, 0.2) is 10.4 Å². The lowest BCUT2D eigenvalue weighted by atomic mass is 9.93. The Morgan fingerprint density at radius 1 is 1.23 bits per heavy atom. The van der Waals surface area contributed by atoms with Gasteiger partial charge in [-0.15, -0.1) is 11.3 Å². The summed E-state index contributed by atoms with van der Waals surface area (Å²) in [5.41, 5.74) is -0.855. The maximum atomic E-state index is 12.6. The van der Waals surface area contributed by atoms with E-state index in [4.69, 9.17) is 0 Å². The lowest BCUT2D eigenvalue weighted by molar-refractivity contribution is -0.140. The molecular formula is C17H30F3N5S. The van der Waals surface area contributed by atoms with E-state index < -0.39 is 11.9 Å². The number of nitrogens with one attached hydrogen (secondary N) is 2. The van der Waals surface area contributed by atoms with Gasteiger partial charge in [-0.25, -0.2) is 9.98 Å². The molecule has 1 rings (SSSR count). The molecule has 0 aromatic carbocycles. The van der Waals surface area contributed by atoms with Crippen molar-refractivity contribution in [2.45, 2.75) is 52.4 Å². The summed E-state index contributed by atoms with van der Waals surface area (Å²) in [4.78, 5) is 10.2. The Kier molecular flexibility index (Phi) is 9.35. The minimum absolute atomic E-state index is 0.119. The van der Waals surface area contributed by atoms with Gasteiger partial charge in [0.05, 0.1) is 6.54 Å². The molecule has 9 heteroatoms. The Hall–Kier alpha value is -1.35. The second kappa shape index (κ2) is 10.7. The monoisotopic (exact) mass is 393 g/mol. The average molecular weight is 394 g/mol. The molecule has 0 amide bonds. The van der Waals surface area contributed by atoms with Crippen LogP contribution in [0.25, 0.3) is 0 Å². The molecule has 1 aromatic heterocycles. The average Bonchev–Trinajstić information content (AvgIpc) is 3.05. The van der Waals surface area contributed by atoms with E-state index in [1.807, 2.05) is 6.92 Å². The van der Waals surface area contributed by atoms with Crippen LogP contribution in [0.5, 0.6) is 0 Å². The minimum atomic E-state index is -4.41. The van der Waals surface area contributed by atoms with Crippen molar-refractivity contribution in [1.29, 1.82) is 0 Å². The van der Waals surface area contributed by atoms with E-state index in [2.05, 4.69) is 53.5 Å². The predicted octanol–water partition coefficient (Wildman–Crippen LogP) is 3.58. The van der Waals surface area contributed by atoms with E-state index in [0.717, 1.165) is 36.1 Å². The van der Waals surface area contributed by atoms with Gasteiger partial charge < -0.3 is 15.5 Å². The number of guanidine groups is 1. The van der Waals surface area contributed by atoms with Crippen LogP contribution in [-0.4, -0.2) is 49.1 Å². The largest absolute Gasteiger partial charge is 0.434 e. The lowest BCUT2D eigenvalue weighted by Crippen LogP contribution is -2.48. The van der Waals surface area contributed by atoms with Crippen molar-refractivity contribution in [3.63, 3.8) is 0 Å². The van der Waals surface area contributed by atoms with Crippen LogP contribution in [0.2, 0.25) is 0 Å². The third kappa shape index (κ3) is 7.11. The molecule has 5 nitrogen and oxygen atoms in total. The van der Waals surface area contributed by atoms with Gasteiger partial charge in [0.15, 0.2) is 11.7 Å².